The van der Waals surface area contributed by atoms with E-state index in [9.17, 15) is 14.3 Å². The zero-order chi connectivity index (χ0) is 19.7. The molecule has 6 heteroatoms. The van der Waals surface area contributed by atoms with Crippen LogP contribution < -0.4 is 5.32 Å². The molecule has 1 atom stereocenters. The Hall–Kier alpha value is -2.86. The second kappa shape index (κ2) is 7.64. The Morgan fingerprint density at radius 3 is 2.64 bits per heavy atom. The van der Waals surface area contributed by atoms with Crippen molar-refractivity contribution in [2.45, 2.75) is 25.8 Å². The third kappa shape index (κ3) is 3.60. The van der Waals surface area contributed by atoms with E-state index in [0.29, 0.717) is 28.8 Å². The van der Waals surface area contributed by atoms with Crippen LogP contribution in [-0.2, 0) is 0 Å². The van der Waals surface area contributed by atoms with Crippen LogP contribution in [0.1, 0.15) is 40.6 Å². The number of likely N-dealkylation sites (tertiary alicyclic amines) is 1. The Morgan fingerprint density at radius 1 is 1.21 bits per heavy atom. The van der Waals surface area contributed by atoms with Crippen LogP contribution in [0.2, 0.25) is 0 Å². The highest BCUT2D eigenvalue weighted by molar-refractivity contribution is 6.07. The lowest BCUT2D eigenvalue weighted by Crippen LogP contribution is -2.37. The molecule has 1 aliphatic heterocycles. The van der Waals surface area contributed by atoms with E-state index in [1.807, 2.05) is 0 Å². The number of hydrogen-bond acceptors (Lipinski definition) is 4. The summed E-state index contributed by atoms with van der Waals surface area (Å²) in [7, 11) is 0. The Bertz CT molecular complexity index is 991. The molecular formula is C22H23FN2O3. The van der Waals surface area contributed by atoms with E-state index in [1.165, 1.54) is 18.2 Å². The molecule has 4 rings (SSSR count). The number of fused-ring (bicyclic) bond motifs is 1. The number of aromatic hydroxyl groups is 1. The third-order valence-corrected chi connectivity index (χ3v) is 5.37. The van der Waals surface area contributed by atoms with Crippen LogP contribution in [0, 0.1) is 12.7 Å². The van der Waals surface area contributed by atoms with E-state index >= 15 is 0 Å². The molecule has 0 unspecified atom stereocenters. The van der Waals surface area contributed by atoms with Gasteiger partial charge in [0.25, 0.3) is 5.91 Å². The molecule has 146 valence electrons. The fraction of sp³-hybridized carbons (Fsp3) is 0.318. The minimum absolute atomic E-state index is 0.0149. The SMILES string of the molecule is Cc1oc2ccc(O)cc2c1C(=O)NC[C@@H](c1ccc(F)cc1)N1CCCC1. The second-order valence-corrected chi connectivity index (χ2v) is 7.23. The zero-order valence-electron chi connectivity index (χ0n) is 15.7. The van der Waals surface area contributed by atoms with Crippen LogP contribution in [0.25, 0.3) is 11.0 Å². The van der Waals surface area contributed by atoms with Crippen LogP contribution in [0.15, 0.2) is 46.9 Å². The lowest BCUT2D eigenvalue weighted by Gasteiger charge is -2.28. The Morgan fingerprint density at radius 2 is 1.93 bits per heavy atom. The zero-order valence-corrected chi connectivity index (χ0v) is 15.7. The molecule has 0 bridgehead atoms. The predicted octanol–water partition coefficient (Wildman–Crippen LogP) is 4.15. The van der Waals surface area contributed by atoms with Gasteiger partial charge in [0, 0.05) is 11.9 Å². The summed E-state index contributed by atoms with van der Waals surface area (Å²) in [4.78, 5) is 15.2. The van der Waals surface area contributed by atoms with Crippen LogP contribution in [0.5, 0.6) is 5.75 Å². The van der Waals surface area contributed by atoms with Gasteiger partial charge in [0.05, 0.1) is 11.6 Å². The Labute approximate surface area is 162 Å². The average molecular weight is 382 g/mol. The number of benzene rings is 2. The summed E-state index contributed by atoms with van der Waals surface area (Å²) < 4.78 is 19.0. The third-order valence-electron chi connectivity index (χ3n) is 5.37. The summed E-state index contributed by atoms with van der Waals surface area (Å²) in [5, 5.41) is 13.4. The molecule has 1 saturated heterocycles. The molecule has 0 saturated carbocycles. The lowest BCUT2D eigenvalue weighted by molar-refractivity contribution is 0.0938. The maximum Gasteiger partial charge on any atom is 0.255 e. The number of phenolic OH excluding ortho intramolecular Hbond substituents is 1. The summed E-state index contributed by atoms with van der Waals surface area (Å²) in [6.07, 6.45) is 2.24. The Balaban J connectivity index is 1.57. The van der Waals surface area contributed by atoms with Gasteiger partial charge in [-0.3, -0.25) is 9.69 Å². The number of nitrogens with zero attached hydrogens (tertiary/aromatic N) is 1. The first kappa shape index (κ1) is 18.5. The van der Waals surface area contributed by atoms with Gasteiger partial charge in [0.2, 0.25) is 0 Å². The van der Waals surface area contributed by atoms with Crippen LogP contribution in [0.3, 0.4) is 0 Å². The van der Waals surface area contributed by atoms with E-state index in [-0.39, 0.29) is 23.5 Å². The second-order valence-electron chi connectivity index (χ2n) is 7.23. The van der Waals surface area contributed by atoms with Crippen molar-refractivity contribution in [1.29, 1.82) is 0 Å². The van der Waals surface area contributed by atoms with Crippen molar-refractivity contribution in [2.24, 2.45) is 0 Å². The van der Waals surface area contributed by atoms with Crippen molar-refractivity contribution in [3.63, 3.8) is 0 Å². The van der Waals surface area contributed by atoms with Gasteiger partial charge in [-0.1, -0.05) is 12.1 Å². The van der Waals surface area contributed by atoms with E-state index in [4.69, 9.17) is 4.42 Å². The number of carbonyl (C=O) groups is 1. The van der Waals surface area contributed by atoms with E-state index in [2.05, 4.69) is 10.2 Å². The van der Waals surface area contributed by atoms with Crippen molar-refractivity contribution in [3.8, 4) is 5.75 Å². The van der Waals surface area contributed by atoms with Crippen molar-refractivity contribution in [3.05, 3.63) is 65.2 Å². The average Bonchev–Trinajstić information content (AvgIpc) is 3.30. The molecule has 2 aromatic carbocycles. The van der Waals surface area contributed by atoms with Gasteiger partial charge in [-0.15, -0.1) is 0 Å². The molecule has 1 amide bonds. The summed E-state index contributed by atoms with van der Waals surface area (Å²) in [6, 6.07) is 11.2. The van der Waals surface area contributed by atoms with Gasteiger partial charge in [0.15, 0.2) is 0 Å². The predicted molar refractivity (Wildman–Crippen MR) is 105 cm³/mol. The highest BCUT2D eigenvalue weighted by Gasteiger charge is 2.25. The normalized spacial score (nSPS) is 15.8. The number of halogens is 1. The maximum absolute atomic E-state index is 13.3. The number of amides is 1. The molecule has 0 aliphatic carbocycles. The maximum atomic E-state index is 13.3. The molecule has 0 radical (unpaired) electrons. The number of rotatable bonds is 5. The first-order valence-electron chi connectivity index (χ1n) is 9.53. The number of nitrogens with one attached hydrogen (secondary N) is 1. The molecule has 2 heterocycles. The van der Waals surface area contributed by atoms with Gasteiger partial charge >= 0.3 is 0 Å². The monoisotopic (exact) mass is 382 g/mol. The van der Waals surface area contributed by atoms with Crippen LogP contribution >= 0.6 is 0 Å². The summed E-state index contributed by atoms with van der Waals surface area (Å²) >= 11 is 0. The van der Waals surface area contributed by atoms with Gasteiger partial charge in [-0.25, -0.2) is 4.39 Å². The molecule has 0 spiro atoms. The molecule has 1 aromatic heterocycles. The number of phenols is 1. The lowest BCUT2D eigenvalue weighted by atomic mass is 10.0. The largest absolute Gasteiger partial charge is 0.508 e. The quantitative estimate of drug-likeness (QED) is 0.696. The van der Waals surface area contributed by atoms with E-state index in [0.717, 1.165) is 31.5 Å². The molecule has 1 fully saturated rings. The van der Waals surface area contributed by atoms with Crippen molar-refractivity contribution in [1.82, 2.24) is 10.2 Å². The van der Waals surface area contributed by atoms with Gasteiger partial charge < -0.3 is 14.8 Å². The Kier molecular flexibility index (Phi) is 5.05. The fourth-order valence-corrected chi connectivity index (χ4v) is 3.96. The highest BCUT2D eigenvalue weighted by Crippen LogP contribution is 2.29. The van der Waals surface area contributed by atoms with Crippen molar-refractivity contribution < 1.29 is 18.7 Å². The first-order valence-corrected chi connectivity index (χ1v) is 9.53. The van der Waals surface area contributed by atoms with Crippen molar-refractivity contribution >= 4 is 16.9 Å². The first-order chi connectivity index (χ1) is 13.5. The molecule has 1 aliphatic rings. The summed E-state index contributed by atoms with van der Waals surface area (Å²) in [5.74, 6) is 0.0858. The smallest absolute Gasteiger partial charge is 0.255 e. The molecule has 3 aromatic rings. The van der Waals surface area contributed by atoms with Gasteiger partial charge in [-0.05, 0) is 68.8 Å². The van der Waals surface area contributed by atoms with Gasteiger partial charge in [-0.2, -0.15) is 0 Å². The molecule has 5 nitrogen and oxygen atoms in total. The molecule has 2 N–H and O–H groups in total. The van der Waals surface area contributed by atoms with E-state index < -0.39 is 0 Å². The van der Waals surface area contributed by atoms with Crippen LogP contribution in [-0.4, -0.2) is 35.5 Å². The minimum atomic E-state index is -0.270. The summed E-state index contributed by atoms with van der Waals surface area (Å²) in [5.41, 5.74) is 1.98. The number of carbonyl (C=O) groups excluding carboxylic acids is 1. The van der Waals surface area contributed by atoms with E-state index in [1.54, 1.807) is 31.2 Å². The number of hydrogen-bond donors (Lipinski definition) is 2. The fourth-order valence-electron chi connectivity index (χ4n) is 3.96. The molecule has 28 heavy (non-hydrogen) atoms. The minimum Gasteiger partial charge on any atom is -0.508 e. The topological polar surface area (TPSA) is 65.7 Å². The molecular weight excluding hydrogens is 359 g/mol. The summed E-state index contributed by atoms with van der Waals surface area (Å²) in [6.45, 7) is 4.07. The standard InChI is InChI=1S/C22H23FN2O3/c1-14-21(18-12-17(26)8-9-20(18)28-14)22(27)24-13-19(25-10-2-3-11-25)15-4-6-16(23)7-5-15/h4-9,12,19,26H,2-3,10-11,13H2,1H3,(H,24,27)/t19-/m0/s1. The van der Waals surface area contributed by atoms with Gasteiger partial charge in [0.1, 0.15) is 22.9 Å². The highest BCUT2D eigenvalue weighted by atomic mass is 19.1. The number of furan rings is 1. The van der Waals surface area contributed by atoms with Crippen molar-refractivity contribution in [2.75, 3.05) is 19.6 Å². The van der Waals surface area contributed by atoms with Crippen LogP contribution in [0.4, 0.5) is 4.39 Å². The number of aryl methyl sites for hydroxylation is 1.